The summed E-state index contributed by atoms with van der Waals surface area (Å²) < 4.78 is 5.50. The average molecular weight is 1090 g/mol. The molecular formula is C71H139NO5. The van der Waals surface area contributed by atoms with Crippen LogP contribution >= 0.6 is 0 Å². The molecule has 0 rings (SSSR count). The molecule has 6 nitrogen and oxygen atoms in total. The van der Waals surface area contributed by atoms with Crippen LogP contribution in [0.5, 0.6) is 0 Å². The van der Waals surface area contributed by atoms with Crippen molar-refractivity contribution in [2.75, 3.05) is 13.2 Å². The highest BCUT2D eigenvalue weighted by molar-refractivity contribution is 5.76. The number of esters is 1. The van der Waals surface area contributed by atoms with Crippen LogP contribution in [0.25, 0.3) is 0 Å². The fourth-order valence-electron chi connectivity index (χ4n) is 11.4. The highest BCUT2D eigenvalue weighted by atomic mass is 16.5. The topological polar surface area (TPSA) is 95.9 Å². The molecule has 458 valence electrons. The second-order valence-electron chi connectivity index (χ2n) is 24.6. The maximum atomic E-state index is 12.5. The van der Waals surface area contributed by atoms with Gasteiger partial charge < -0.3 is 20.3 Å². The van der Waals surface area contributed by atoms with E-state index in [9.17, 15) is 19.8 Å². The van der Waals surface area contributed by atoms with Gasteiger partial charge in [-0.2, -0.15) is 0 Å². The molecule has 0 spiro atoms. The maximum absolute atomic E-state index is 12.5. The molecular weight excluding hydrogens is 947 g/mol. The zero-order valence-electron chi connectivity index (χ0n) is 52.5. The van der Waals surface area contributed by atoms with E-state index in [1.807, 2.05) is 0 Å². The molecule has 3 N–H and O–H groups in total. The highest BCUT2D eigenvalue weighted by Crippen LogP contribution is 2.19. The molecule has 0 heterocycles. The summed E-state index contributed by atoms with van der Waals surface area (Å²) >= 11 is 0. The summed E-state index contributed by atoms with van der Waals surface area (Å²) in [4.78, 5) is 24.5. The summed E-state index contributed by atoms with van der Waals surface area (Å²) in [5.74, 6) is -0.00688. The van der Waals surface area contributed by atoms with Crippen LogP contribution in [0.1, 0.15) is 406 Å². The van der Waals surface area contributed by atoms with E-state index in [0.717, 1.165) is 38.5 Å². The van der Waals surface area contributed by atoms with Gasteiger partial charge in [0.15, 0.2) is 0 Å². The van der Waals surface area contributed by atoms with Crippen molar-refractivity contribution in [3.63, 3.8) is 0 Å². The third-order valence-electron chi connectivity index (χ3n) is 16.8. The minimum Gasteiger partial charge on any atom is -0.466 e. The molecule has 0 bridgehead atoms. The lowest BCUT2D eigenvalue weighted by Gasteiger charge is -2.22. The highest BCUT2D eigenvalue weighted by Gasteiger charge is 2.20. The van der Waals surface area contributed by atoms with Crippen LogP contribution in [0.4, 0.5) is 0 Å². The molecule has 77 heavy (non-hydrogen) atoms. The lowest BCUT2D eigenvalue weighted by Crippen LogP contribution is -2.45. The van der Waals surface area contributed by atoms with Gasteiger partial charge >= 0.3 is 5.97 Å². The Bertz CT molecular complexity index is 1160. The summed E-state index contributed by atoms with van der Waals surface area (Å²) in [7, 11) is 0. The summed E-state index contributed by atoms with van der Waals surface area (Å²) in [6, 6.07) is -0.536. The predicted molar refractivity (Wildman–Crippen MR) is 338 cm³/mol. The summed E-state index contributed by atoms with van der Waals surface area (Å²) in [5.41, 5.74) is 0. The van der Waals surface area contributed by atoms with E-state index in [2.05, 4.69) is 31.3 Å². The average Bonchev–Trinajstić information content (AvgIpc) is 3.43. The van der Waals surface area contributed by atoms with Gasteiger partial charge in [-0.25, -0.2) is 0 Å². The van der Waals surface area contributed by atoms with Crippen LogP contribution < -0.4 is 5.32 Å². The molecule has 0 saturated heterocycles. The van der Waals surface area contributed by atoms with Crippen LogP contribution in [0, 0.1) is 0 Å². The molecule has 2 atom stereocenters. The minimum absolute atomic E-state index is 0.0232. The van der Waals surface area contributed by atoms with Gasteiger partial charge in [-0.1, -0.05) is 353 Å². The Hall–Kier alpha value is -1.40. The maximum Gasteiger partial charge on any atom is 0.305 e. The monoisotopic (exact) mass is 1090 g/mol. The summed E-state index contributed by atoms with van der Waals surface area (Å²) in [6.45, 7) is 4.98. The number of amides is 1. The number of aliphatic hydroxyl groups excluding tert-OH is 2. The molecule has 0 aliphatic heterocycles. The van der Waals surface area contributed by atoms with E-state index in [1.54, 1.807) is 0 Å². The number of ether oxygens (including phenoxy) is 1. The third kappa shape index (κ3) is 63.6. The van der Waals surface area contributed by atoms with Crippen LogP contribution in [0.2, 0.25) is 0 Å². The number of hydrogen-bond acceptors (Lipinski definition) is 5. The SMILES string of the molecule is CCCCCCCCCCCCCCCCC(=O)OCCCCCCCCCCCCCCCC/C=C\CCCCCCCCCCCCCCCCCCCC(=O)NC(CO)C(O)CCCCCCCCCCCCC. The molecule has 0 radical (unpaired) electrons. The first-order valence-corrected chi connectivity index (χ1v) is 35.4. The zero-order valence-corrected chi connectivity index (χ0v) is 52.5. The number of nitrogens with one attached hydrogen (secondary N) is 1. The van der Waals surface area contributed by atoms with Crippen molar-refractivity contribution in [1.29, 1.82) is 0 Å². The Balaban J connectivity index is 3.30. The van der Waals surface area contributed by atoms with E-state index in [-0.39, 0.29) is 18.5 Å². The largest absolute Gasteiger partial charge is 0.466 e. The minimum atomic E-state index is -0.659. The first kappa shape index (κ1) is 75.6. The van der Waals surface area contributed by atoms with Crippen LogP contribution in [-0.4, -0.2) is 47.4 Å². The summed E-state index contributed by atoms with van der Waals surface area (Å²) in [5, 5.41) is 23.2. The molecule has 0 fully saturated rings. The van der Waals surface area contributed by atoms with Crippen molar-refractivity contribution in [2.45, 2.75) is 418 Å². The number of carbonyl (C=O) groups is 2. The lowest BCUT2D eigenvalue weighted by atomic mass is 10.0. The molecule has 0 aliphatic rings. The Labute approximate surface area is 482 Å². The number of rotatable bonds is 67. The normalized spacial score (nSPS) is 12.5. The fourth-order valence-corrected chi connectivity index (χ4v) is 11.4. The molecule has 1 amide bonds. The first-order valence-electron chi connectivity index (χ1n) is 35.4. The van der Waals surface area contributed by atoms with E-state index < -0.39 is 12.1 Å². The summed E-state index contributed by atoms with van der Waals surface area (Å²) in [6.07, 6.45) is 82.8. The second-order valence-corrected chi connectivity index (χ2v) is 24.6. The van der Waals surface area contributed by atoms with E-state index in [4.69, 9.17) is 4.74 Å². The van der Waals surface area contributed by atoms with E-state index >= 15 is 0 Å². The smallest absolute Gasteiger partial charge is 0.305 e. The Morgan fingerprint density at radius 3 is 0.922 bits per heavy atom. The van der Waals surface area contributed by atoms with E-state index in [1.165, 1.54) is 334 Å². The van der Waals surface area contributed by atoms with Gasteiger partial charge in [0.2, 0.25) is 5.91 Å². The fraction of sp³-hybridized carbons (Fsp3) is 0.944. The predicted octanol–water partition coefficient (Wildman–Crippen LogP) is 22.8. The second kappa shape index (κ2) is 67.1. The van der Waals surface area contributed by atoms with Gasteiger partial charge in [0, 0.05) is 12.8 Å². The van der Waals surface area contributed by atoms with Crippen molar-refractivity contribution in [2.24, 2.45) is 0 Å². The molecule has 0 aromatic rings. The van der Waals surface area contributed by atoms with Gasteiger partial charge in [0.25, 0.3) is 0 Å². The first-order chi connectivity index (χ1) is 38.0. The standard InChI is InChI=1S/C71H139NO5/c1-3-5-7-9-11-13-15-16-41-45-49-53-57-61-65-71(76)77-66-62-58-54-50-46-42-39-37-35-33-31-29-27-25-23-21-19-17-18-20-22-24-26-28-30-32-34-36-38-40-44-48-52-56-60-64-70(75)72-68(67-73)69(74)63-59-55-51-47-43-14-12-10-8-6-4-2/h19,21,68-69,73-74H,3-18,20,22-67H2,1-2H3,(H,72,75)/b21-19-. The Morgan fingerprint density at radius 2 is 0.610 bits per heavy atom. The third-order valence-corrected chi connectivity index (χ3v) is 16.8. The van der Waals surface area contributed by atoms with E-state index in [0.29, 0.717) is 25.9 Å². The molecule has 0 aliphatic carbocycles. The Morgan fingerprint density at radius 1 is 0.351 bits per heavy atom. The molecule has 2 unspecified atom stereocenters. The van der Waals surface area contributed by atoms with Crippen LogP contribution in [0.3, 0.4) is 0 Å². The van der Waals surface area contributed by atoms with Crippen LogP contribution in [-0.2, 0) is 14.3 Å². The Kier molecular flexibility index (Phi) is 65.9. The zero-order chi connectivity index (χ0) is 55.7. The number of aliphatic hydroxyl groups is 2. The van der Waals surface area contributed by atoms with Crippen molar-refractivity contribution in [1.82, 2.24) is 5.32 Å². The van der Waals surface area contributed by atoms with Gasteiger partial charge in [-0.05, 0) is 51.4 Å². The van der Waals surface area contributed by atoms with Gasteiger partial charge in [-0.3, -0.25) is 9.59 Å². The number of hydrogen-bond donors (Lipinski definition) is 3. The van der Waals surface area contributed by atoms with Gasteiger partial charge in [0.1, 0.15) is 0 Å². The van der Waals surface area contributed by atoms with Crippen molar-refractivity contribution in [3.8, 4) is 0 Å². The lowest BCUT2D eigenvalue weighted by molar-refractivity contribution is -0.143. The van der Waals surface area contributed by atoms with Gasteiger partial charge in [0.05, 0.1) is 25.4 Å². The molecule has 0 aromatic heterocycles. The van der Waals surface area contributed by atoms with Crippen molar-refractivity contribution < 1.29 is 24.5 Å². The quantitative estimate of drug-likeness (QED) is 0.0320. The molecule has 0 saturated carbocycles. The number of allylic oxidation sites excluding steroid dienone is 2. The van der Waals surface area contributed by atoms with Crippen molar-refractivity contribution >= 4 is 11.9 Å². The van der Waals surface area contributed by atoms with Crippen LogP contribution in [0.15, 0.2) is 12.2 Å². The molecule has 6 heteroatoms. The van der Waals surface area contributed by atoms with Crippen molar-refractivity contribution in [3.05, 3.63) is 12.2 Å². The number of unbranched alkanes of at least 4 members (excludes halogenated alkanes) is 54. The van der Waals surface area contributed by atoms with Gasteiger partial charge in [-0.15, -0.1) is 0 Å². The number of carbonyl (C=O) groups excluding carboxylic acids is 2. The molecule has 0 aromatic carbocycles.